The molecular formula is C15H18FN3O2. The molecule has 0 unspecified atom stereocenters. The van der Waals surface area contributed by atoms with E-state index >= 15 is 0 Å². The molecule has 0 spiro atoms. The molecule has 1 aromatic rings. The van der Waals surface area contributed by atoms with Crippen molar-refractivity contribution in [3.05, 3.63) is 29.8 Å². The summed E-state index contributed by atoms with van der Waals surface area (Å²) in [6, 6.07) is 1.57. The van der Waals surface area contributed by atoms with E-state index in [0.717, 1.165) is 25.5 Å². The van der Waals surface area contributed by atoms with Gasteiger partial charge in [-0.1, -0.05) is 6.42 Å². The van der Waals surface area contributed by atoms with Crippen LogP contribution in [-0.4, -0.2) is 22.8 Å². The molecule has 0 saturated heterocycles. The molecule has 0 aromatic carbocycles. The molecule has 3 rings (SSSR count). The van der Waals surface area contributed by atoms with Gasteiger partial charge in [-0.2, -0.15) is 0 Å². The first-order valence-corrected chi connectivity index (χ1v) is 7.29. The fourth-order valence-corrected chi connectivity index (χ4v) is 2.54. The monoisotopic (exact) mass is 291 g/mol. The van der Waals surface area contributed by atoms with Crippen molar-refractivity contribution in [2.24, 2.45) is 5.41 Å². The number of pyridine rings is 1. The van der Waals surface area contributed by atoms with Crippen LogP contribution in [0.15, 0.2) is 18.5 Å². The quantitative estimate of drug-likeness (QED) is 0.803. The van der Waals surface area contributed by atoms with Crippen LogP contribution in [0.4, 0.5) is 4.39 Å². The Kier molecular flexibility index (Phi) is 3.61. The lowest BCUT2D eigenvalue weighted by atomic mass is 9.67. The maximum Gasteiger partial charge on any atom is 0.235 e. The van der Waals surface area contributed by atoms with Gasteiger partial charge in [0.25, 0.3) is 0 Å². The highest BCUT2D eigenvalue weighted by Crippen LogP contribution is 2.42. The smallest absolute Gasteiger partial charge is 0.235 e. The van der Waals surface area contributed by atoms with Gasteiger partial charge in [-0.25, -0.2) is 4.39 Å². The molecule has 2 fully saturated rings. The van der Waals surface area contributed by atoms with E-state index in [0.29, 0.717) is 18.4 Å². The fourth-order valence-electron chi connectivity index (χ4n) is 2.54. The van der Waals surface area contributed by atoms with Gasteiger partial charge >= 0.3 is 0 Å². The van der Waals surface area contributed by atoms with Gasteiger partial charge < -0.3 is 10.6 Å². The Bertz CT molecular complexity index is 568. The van der Waals surface area contributed by atoms with Crippen LogP contribution in [0.1, 0.15) is 37.7 Å². The summed E-state index contributed by atoms with van der Waals surface area (Å²) >= 11 is 0. The Labute approximate surface area is 122 Å². The van der Waals surface area contributed by atoms with Crippen LogP contribution < -0.4 is 10.6 Å². The van der Waals surface area contributed by atoms with Crippen LogP contribution in [0.25, 0.3) is 0 Å². The Balaban J connectivity index is 1.61. The molecule has 112 valence electrons. The van der Waals surface area contributed by atoms with E-state index in [1.54, 1.807) is 0 Å². The SMILES string of the molecule is O=C(NCc1cncc(F)c1)C1(C(=O)NC2CC2)CCC1. The molecule has 0 bridgehead atoms. The van der Waals surface area contributed by atoms with Crippen molar-refractivity contribution in [1.29, 1.82) is 0 Å². The van der Waals surface area contributed by atoms with Crippen molar-refractivity contribution >= 4 is 11.8 Å². The topological polar surface area (TPSA) is 71.1 Å². The van der Waals surface area contributed by atoms with Gasteiger partial charge in [0.2, 0.25) is 11.8 Å². The second kappa shape index (κ2) is 5.42. The Morgan fingerprint density at radius 2 is 2.05 bits per heavy atom. The maximum atomic E-state index is 13.0. The maximum absolute atomic E-state index is 13.0. The van der Waals surface area contributed by atoms with Gasteiger partial charge in [-0.05, 0) is 37.3 Å². The number of carbonyl (C=O) groups is 2. The molecule has 2 amide bonds. The van der Waals surface area contributed by atoms with Crippen LogP contribution in [0.2, 0.25) is 0 Å². The summed E-state index contributed by atoms with van der Waals surface area (Å²) < 4.78 is 13.0. The van der Waals surface area contributed by atoms with E-state index in [1.165, 1.54) is 12.3 Å². The molecule has 2 N–H and O–H groups in total. The molecule has 2 saturated carbocycles. The second-order valence-electron chi connectivity index (χ2n) is 5.88. The fraction of sp³-hybridized carbons (Fsp3) is 0.533. The molecule has 2 aliphatic carbocycles. The van der Waals surface area contributed by atoms with E-state index in [4.69, 9.17) is 0 Å². The zero-order valence-electron chi connectivity index (χ0n) is 11.7. The lowest BCUT2D eigenvalue weighted by molar-refractivity contribution is -0.149. The van der Waals surface area contributed by atoms with Crippen molar-refractivity contribution < 1.29 is 14.0 Å². The minimum absolute atomic E-state index is 0.161. The van der Waals surface area contributed by atoms with E-state index < -0.39 is 11.2 Å². The molecular weight excluding hydrogens is 273 g/mol. The number of nitrogens with one attached hydrogen (secondary N) is 2. The van der Waals surface area contributed by atoms with Crippen molar-refractivity contribution in [3.63, 3.8) is 0 Å². The highest BCUT2D eigenvalue weighted by molar-refractivity contribution is 6.06. The average molecular weight is 291 g/mol. The number of aromatic nitrogens is 1. The third-order valence-electron chi connectivity index (χ3n) is 4.20. The van der Waals surface area contributed by atoms with Crippen LogP contribution in [0, 0.1) is 11.2 Å². The lowest BCUT2D eigenvalue weighted by Gasteiger charge is -2.38. The van der Waals surface area contributed by atoms with Gasteiger partial charge in [0.05, 0.1) is 6.20 Å². The number of amides is 2. The van der Waals surface area contributed by atoms with Gasteiger partial charge in [-0.3, -0.25) is 14.6 Å². The summed E-state index contributed by atoms with van der Waals surface area (Å²) in [4.78, 5) is 28.4. The molecule has 6 heteroatoms. The predicted octanol–water partition coefficient (Wildman–Crippen LogP) is 1.29. The molecule has 0 aliphatic heterocycles. The van der Waals surface area contributed by atoms with Crippen LogP contribution >= 0.6 is 0 Å². The minimum Gasteiger partial charge on any atom is -0.352 e. The minimum atomic E-state index is -0.927. The summed E-state index contributed by atoms with van der Waals surface area (Å²) in [5.74, 6) is -0.867. The van der Waals surface area contributed by atoms with Crippen molar-refractivity contribution in [2.75, 3.05) is 0 Å². The zero-order chi connectivity index (χ0) is 14.9. The summed E-state index contributed by atoms with van der Waals surface area (Å²) in [6.07, 6.45) is 6.66. The molecule has 1 aromatic heterocycles. The van der Waals surface area contributed by atoms with Crippen LogP contribution in [-0.2, 0) is 16.1 Å². The summed E-state index contributed by atoms with van der Waals surface area (Å²) in [5.41, 5.74) is -0.344. The van der Waals surface area contributed by atoms with Gasteiger partial charge in [0, 0.05) is 18.8 Å². The first kappa shape index (κ1) is 14.0. The highest BCUT2D eigenvalue weighted by Gasteiger charge is 2.51. The van der Waals surface area contributed by atoms with Crippen molar-refractivity contribution in [1.82, 2.24) is 15.6 Å². The molecule has 21 heavy (non-hydrogen) atoms. The van der Waals surface area contributed by atoms with Gasteiger partial charge in [-0.15, -0.1) is 0 Å². The Morgan fingerprint density at radius 3 is 2.62 bits per heavy atom. The third kappa shape index (κ3) is 2.89. The summed E-state index contributed by atoms with van der Waals surface area (Å²) in [5, 5.41) is 5.65. The van der Waals surface area contributed by atoms with Crippen molar-refractivity contribution in [2.45, 2.75) is 44.7 Å². The van der Waals surface area contributed by atoms with Gasteiger partial charge in [0.1, 0.15) is 11.2 Å². The van der Waals surface area contributed by atoms with E-state index in [9.17, 15) is 14.0 Å². The molecule has 5 nitrogen and oxygen atoms in total. The number of carbonyl (C=O) groups excluding carboxylic acids is 2. The third-order valence-corrected chi connectivity index (χ3v) is 4.20. The van der Waals surface area contributed by atoms with E-state index in [-0.39, 0.29) is 24.4 Å². The molecule has 0 radical (unpaired) electrons. The predicted molar refractivity (Wildman–Crippen MR) is 73.5 cm³/mol. The number of hydrogen-bond donors (Lipinski definition) is 2. The molecule has 2 aliphatic rings. The van der Waals surface area contributed by atoms with E-state index in [1.807, 2.05) is 0 Å². The lowest BCUT2D eigenvalue weighted by Crippen LogP contribution is -2.55. The largest absolute Gasteiger partial charge is 0.352 e. The normalized spacial score (nSPS) is 19.5. The van der Waals surface area contributed by atoms with Crippen LogP contribution in [0.3, 0.4) is 0 Å². The number of nitrogens with zero attached hydrogens (tertiary/aromatic N) is 1. The summed E-state index contributed by atoms with van der Waals surface area (Å²) in [6.45, 7) is 0.183. The molecule has 0 atom stereocenters. The van der Waals surface area contributed by atoms with Gasteiger partial charge in [0.15, 0.2) is 0 Å². The number of hydrogen-bond acceptors (Lipinski definition) is 3. The zero-order valence-corrected chi connectivity index (χ0v) is 11.7. The van der Waals surface area contributed by atoms with Crippen molar-refractivity contribution in [3.8, 4) is 0 Å². The Hall–Kier alpha value is -1.98. The first-order valence-electron chi connectivity index (χ1n) is 7.29. The standard InChI is InChI=1S/C15H18FN3O2/c16-11-6-10(7-17-9-11)8-18-13(20)15(4-1-5-15)14(21)19-12-2-3-12/h6-7,9,12H,1-5,8H2,(H,18,20)(H,19,21). The van der Waals surface area contributed by atoms with Crippen LogP contribution in [0.5, 0.6) is 0 Å². The highest BCUT2D eigenvalue weighted by atomic mass is 19.1. The summed E-state index contributed by atoms with van der Waals surface area (Å²) in [7, 11) is 0. The van der Waals surface area contributed by atoms with E-state index in [2.05, 4.69) is 15.6 Å². The number of rotatable bonds is 5. The second-order valence-corrected chi connectivity index (χ2v) is 5.88. The Morgan fingerprint density at radius 1 is 1.29 bits per heavy atom. The number of halogens is 1. The average Bonchev–Trinajstić information content (AvgIpc) is 3.19. The first-order chi connectivity index (χ1) is 10.1. The molecule has 1 heterocycles.